The van der Waals surface area contributed by atoms with E-state index in [1.807, 2.05) is 11.8 Å². The number of rotatable bonds is 2. The van der Waals surface area contributed by atoms with Crippen molar-refractivity contribution in [2.24, 2.45) is 10.4 Å². The fraction of sp³-hybridized carbons (Fsp3) is 0.533. The van der Waals surface area contributed by atoms with Crippen LogP contribution in [0.1, 0.15) is 31.9 Å². The number of nitrogens with zero attached hydrogens (tertiary/aromatic N) is 1. The smallest absolute Gasteiger partial charge is 0.161 e. The topological polar surface area (TPSA) is 24.4 Å². The highest BCUT2D eigenvalue weighted by atomic mass is 32.2. The van der Waals surface area contributed by atoms with Crippen LogP contribution in [0.4, 0.5) is 5.69 Å². The molecule has 2 rings (SSSR count). The van der Waals surface area contributed by atoms with Gasteiger partial charge in [-0.05, 0) is 42.0 Å². The summed E-state index contributed by atoms with van der Waals surface area (Å²) in [5.74, 6) is 1.13. The van der Waals surface area contributed by atoms with Crippen LogP contribution in [0.3, 0.4) is 0 Å². The standard InChI is InChI=1S/C15H22N2S/c1-5-12-8-13(7-6-11(12)2)17-14-16-9-15(3,4)10-18-14/h6-8H,5,9-10H2,1-4H3,(H,16,17). The lowest BCUT2D eigenvalue weighted by Crippen LogP contribution is -2.27. The summed E-state index contributed by atoms with van der Waals surface area (Å²) in [5, 5.41) is 4.49. The molecule has 0 aromatic heterocycles. The molecule has 0 saturated heterocycles. The number of nitrogens with one attached hydrogen (secondary N) is 1. The molecule has 0 unspecified atom stereocenters. The Morgan fingerprint density at radius 3 is 2.78 bits per heavy atom. The normalized spacial score (nSPS) is 18.3. The maximum atomic E-state index is 4.62. The summed E-state index contributed by atoms with van der Waals surface area (Å²) in [6.07, 6.45) is 1.08. The molecule has 1 N–H and O–H groups in total. The van der Waals surface area contributed by atoms with Crippen LogP contribution < -0.4 is 5.32 Å². The number of thioether (sulfide) groups is 1. The molecule has 3 heteroatoms. The van der Waals surface area contributed by atoms with Gasteiger partial charge in [0.2, 0.25) is 0 Å². The van der Waals surface area contributed by atoms with Crippen LogP contribution >= 0.6 is 11.8 Å². The van der Waals surface area contributed by atoms with Crippen molar-refractivity contribution in [3.8, 4) is 0 Å². The van der Waals surface area contributed by atoms with Crippen molar-refractivity contribution in [2.45, 2.75) is 34.1 Å². The van der Waals surface area contributed by atoms with E-state index >= 15 is 0 Å². The number of hydrogen-bond acceptors (Lipinski definition) is 3. The van der Waals surface area contributed by atoms with Crippen molar-refractivity contribution in [2.75, 3.05) is 17.6 Å². The van der Waals surface area contributed by atoms with E-state index in [0.717, 1.165) is 29.6 Å². The van der Waals surface area contributed by atoms with Crippen molar-refractivity contribution >= 4 is 22.6 Å². The molecule has 0 amide bonds. The largest absolute Gasteiger partial charge is 0.335 e. The molecule has 0 radical (unpaired) electrons. The average Bonchev–Trinajstić information content (AvgIpc) is 2.34. The fourth-order valence-corrected chi connectivity index (χ4v) is 2.93. The van der Waals surface area contributed by atoms with Gasteiger partial charge in [0.1, 0.15) is 0 Å². The molecule has 1 aliphatic heterocycles. The minimum absolute atomic E-state index is 0.331. The van der Waals surface area contributed by atoms with Gasteiger partial charge in [-0.3, -0.25) is 4.99 Å². The van der Waals surface area contributed by atoms with Gasteiger partial charge in [-0.2, -0.15) is 0 Å². The molecule has 0 aliphatic carbocycles. The Morgan fingerprint density at radius 1 is 1.39 bits per heavy atom. The van der Waals surface area contributed by atoms with Crippen LogP contribution in [0.15, 0.2) is 23.2 Å². The van der Waals surface area contributed by atoms with E-state index in [-0.39, 0.29) is 0 Å². The predicted molar refractivity (Wildman–Crippen MR) is 82.7 cm³/mol. The lowest BCUT2D eigenvalue weighted by molar-refractivity contribution is 0.438. The van der Waals surface area contributed by atoms with Crippen LogP contribution in [0.5, 0.6) is 0 Å². The van der Waals surface area contributed by atoms with E-state index in [2.05, 4.69) is 56.2 Å². The first kappa shape index (κ1) is 13.5. The molecule has 2 nitrogen and oxygen atoms in total. The second-order valence-corrected chi connectivity index (χ2v) is 6.66. The number of aliphatic imine (C=N–C) groups is 1. The Balaban J connectivity index is 2.08. The van der Waals surface area contributed by atoms with Gasteiger partial charge in [0.15, 0.2) is 5.17 Å². The molecule has 0 saturated carbocycles. The maximum absolute atomic E-state index is 4.62. The summed E-state index contributed by atoms with van der Waals surface area (Å²) in [6, 6.07) is 6.55. The van der Waals surface area contributed by atoms with Crippen molar-refractivity contribution < 1.29 is 0 Å². The van der Waals surface area contributed by atoms with Crippen LogP contribution in [0.2, 0.25) is 0 Å². The molecule has 0 spiro atoms. The quantitative estimate of drug-likeness (QED) is 0.868. The first-order chi connectivity index (χ1) is 8.50. The maximum Gasteiger partial charge on any atom is 0.161 e. The minimum atomic E-state index is 0.331. The summed E-state index contributed by atoms with van der Waals surface area (Å²) < 4.78 is 0. The lowest BCUT2D eigenvalue weighted by Gasteiger charge is -2.27. The molecular formula is C15H22N2S. The molecule has 0 atom stereocenters. The number of benzene rings is 1. The summed E-state index contributed by atoms with van der Waals surface area (Å²) in [5.41, 5.74) is 4.25. The highest BCUT2D eigenvalue weighted by molar-refractivity contribution is 8.14. The molecule has 0 fully saturated rings. The molecular weight excluding hydrogens is 240 g/mol. The van der Waals surface area contributed by atoms with Crippen LogP contribution in [-0.2, 0) is 6.42 Å². The number of aryl methyl sites for hydroxylation is 2. The Labute approximate surface area is 114 Å². The lowest BCUT2D eigenvalue weighted by atomic mass is 9.97. The third-order valence-corrected chi connectivity index (χ3v) is 4.66. The Morgan fingerprint density at radius 2 is 2.17 bits per heavy atom. The van der Waals surface area contributed by atoms with E-state index < -0.39 is 0 Å². The van der Waals surface area contributed by atoms with Crippen LogP contribution in [0.25, 0.3) is 0 Å². The van der Waals surface area contributed by atoms with Gasteiger partial charge in [-0.15, -0.1) is 0 Å². The van der Waals surface area contributed by atoms with E-state index in [1.54, 1.807) is 0 Å². The molecule has 0 bridgehead atoms. The zero-order valence-electron chi connectivity index (χ0n) is 11.7. The van der Waals surface area contributed by atoms with Crippen molar-refractivity contribution in [1.29, 1.82) is 0 Å². The Kier molecular flexibility index (Phi) is 4.00. The third-order valence-electron chi connectivity index (χ3n) is 3.23. The summed E-state index contributed by atoms with van der Waals surface area (Å²) >= 11 is 1.82. The van der Waals surface area contributed by atoms with Gasteiger partial charge in [0.05, 0.1) is 0 Å². The van der Waals surface area contributed by atoms with Gasteiger partial charge in [-0.25, -0.2) is 0 Å². The molecule has 1 aliphatic rings. The molecule has 18 heavy (non-hydrogen) atoms. The average molecular weight is 262 g/mol. The van der Waals surface area contributed by atoms with Crippen molar-refractivity contribution in [3.63, 3.8) is 0 Å². The molecule has 1 aromatic rings. The summed E-state index contributed by atoms with van der Waals surface area (Å²) in [7, 11) is 0. The predicted octanol–water partition coefficient (Wildman–Crippen LogP) is 4.10. The molecule has 98 valence electrons. The zero-order chi connectivity index (χ0) is 13.2. The zero-order valence-corrected chi connectivity index (χ0v) is 12.5. The van der Waals surface area contributed by atoms with Gasteiger partial charge >= 0.3 is 0 Å². The van der Waals surface area contributed by atoms with Gasteiger partial charge < -0.3 is 5.32 Å². The first-order valence-corrected chi connectivity index (χ1v) is 7.52. The molecule has 1 aromatic carbocycles. The van der Waals surface area contributed by atoms with Gasteiger partial charge in [-0.1, -0.05) is 38.6 Å². The van der Waals surface area contributed by atoms with E-state index in [0.29, 0.717) is 5.41 Å². The van der Waals surface area contributed by atoms with Gasteiger partial charge in [0.25, 0.3) is 0 Å². The molecule has 1 heterocycles. The first-order valence-electron chi connectivity index (χ1n) is 6.54. The van der Waals surface area contributed by atoms with E-state index in [9.17, 15) is 0 Å². The van der Waals surface area contributed by atoms with E-state index in [1.165, 1.54) is 11.1 Å². The van der Waals surface area contributed by atoms with Gasteiger partial charge in [0, 0.05) is 18.0 Å². The van der Waals surface area contributed by atoms with Crippen LogP contribution in [-0.4, -0.2) is 17.5 Å². The van der Waals surface area contributed by atoms with Crippen molar-refractivity contribution in [3.05, 3.63) is 29.3 Å². The summed E-state index contributed by atoms with van der Waals surface area (Å²) in [4.78, 5) is 4.62. The second-order valence-electron chi connectivity index (χ2n) is 5.69. The third kappa shape index (κ3) is 3.29. The van der Waals surface area contributed by atoms with Crippen molar-refractivity contribution in [1.82, 2.24) is 0 Å². The number of hydrogen-bond donors (Lipinski definition) is 1. The Hall–Kier alpha value is -0.960. The number of anilines is 1. The highest BCUT2D eigenvalue weighted by Gasteiger charge is 2.23. The summed E-state index contributed by atoms with van der Waals surface area (Å²) in [6.45, 7) is 9.80. The van der Waals surface area contributed by atoms with E-state index in [4.69, 9.17) is 0 Å². The van der Waals surface area contributed by atoms with Crippen LogP contribution in [0, 0.1) is 12.3 Å². The Bertz CT molecular complexity index is 464. The minimum Gasteiger partial charge on any atom is -0.335 e. The highest BCUT2D eigenvalue weighted by Crippen LogP contribution is 2.28. The second kappa shape index (κ2) is 5.35. The monoisotopic (exact) mass is 262 g/mol. The SMILES string of the molecule is CCc1cc(NC2=NCC(C)(C)CS2)ccc1C. The fourth-order valence-electron chi connectivity index (χ4n) is 1.97. The number of amidine groups is 1.